The summed E-state index contributed by atoms with van der Waals surface area (Å²) in [6, 6.07) is 15.2. The lowest BCUT2D eigenvalue weighted by Gasteiger charge is -2.07. The van der Waals surface area contributed by atoms with E-state index in [4.69, 9.17) is 4.74 Å². The molecule has 0 radical (unpaired) electrons. The minimum atomic E-state index is -0.237. The number of benzene rings is 2. The zero-order valence-electron chi connectivity index (χ0n) is 12.8. The van der Waals surface area contributed by atoms with Crippen LogP contribution in [-0.4, -0.2) is 22.2 Å². The molecule has 0 atom stereocenters. The summed E-state index contributed by atoms with van der Waals surface area (Å²) in [5, 5.41) is 0. The second-order valence-corrected chi connectivity index (χ2v) is 4.88. The monoisotopic (exact) mass is 307 g/mol. The average molecular weight is 307 g/mol. The molecular formula is C18H17N3O2. The van der Waals surface area contributed by atoms with Gasteiger partial charge >= 0.3 is 0 Å². The van der Waals surface area contributed by atoms with Crippen LogP contribution in [0.1, 0.15) is 12.5 Å². The molecule has 2 aromatic carbocycles. The Labute approximate surface area is 134 Å². The molecule has 0 fully saturated rings. The van der Waals surface area contributed by atoms with Crippen LogP contribution in [0.2, 0.25) is 0 Å². The Morgan fingerprint density at radius 3 is 2.87 bits per heavy atom. The Morgan fingerprint density at radius 1 is 1.22 bits per heavy atom. The van der Waals surface area contributed by atoms with E-state index in [-0.39, 0.29) is 5.91 Å². The van der Waals surface area contributed by atoms with E-state index in [2.05, 4.69) is 10.4 Å². The molecule has 1 N–H and O–H groups in total. The van der Waals surface area contributed by atoms with Gasteiger partial charge in [-0.05, 0) is 31.2 Å². The highest BCUT2D eigenvalue weighted by Gasteiger charge is 2.04. The maximum absolute atomic E-state index is 12.1. The van der Waals surface area contributed by atoms with Gasteiger partial charge in [0.2, 0.25) is 0 Å². The number of ether oxygens (including phenoxy) is 1. The van der Waals surface area contributed by atoms with E-state index in [1.165, 1.54) is 6.08 Å². The zero-order chi connectivity index (χ0) is 16.1. The predicted molar refractivity (Wildman–Crippen MR) is 90.7 cm³/mol. The number of fused-ring (bicyclic) bond motifs is 1. The third-order valence-corrected chi connectivity index (χ3v) is 3.32. The molecule has 0 saturated carbocycles. The Kier molecular flexibility index (Phi) is 4.38. The van der Waals surface area contributed by atoms with Gasteiger partial charge in [0.25, 0.3) is 5.91 Å². The minimum absolute atomic E-state index is 0.237. The third-order valence-electron chi connectivity index (χ3n) is 3.32. The lowest BCUT2D eigenvalue weighted by molar-refractivity contribution is -0.112. The van der Waals surface area contributed by atoms with Gasteiger partial charge in [-0.15, -0.1) is 0 Å². The highest BCUT2D eigenvalue weighted by atomic mass is 16.5. The fourth-order valence-electron chi connectivity index (χ4n) is 2.27. The van der Waals surface area contributed by atoms with Crippen molar-refractivity contribution >= 4 is 23.0 Å². The Morgan fingerprint density at radius 2 is 2.00 bits per heavy atom. The molecule has 23 heavy (non-hydrogen) atoms. The minimum Gasteiger partial charge on any atom is -0.493 e. The molecule has 1 aromatic heterocycles. The van der Waals surface area contributed by atoms with E-state index in [0.29, 0.717) is 6.61 Å². The standard InChI is InChI=1S/C18H17N3O2/c1-2-23-17-10-6-3-7-14(17)11-12-18(22)20-21-13-19-15-8-4-5-9-16(15)21/h3-13H,2H2,1H3,(H,20,22)/b12-11+. The molecule has 1 heterocycles. The molecule has 1 amide bonds. The normalized spacial score (nSPS) is 11.0. The smallest absolute Gasteiger partial charge is 0.262 e. The van der Waals surface area contributed by atoms with Crippen molar-refractivity contribution in [2.24, 2.45) is 0 Å². The largest absolute Gasteiger partial charge is 0.493 e. The van der Waals surface area contributed by atoms with Crippen molar-refractivity contribution in [3.63, 3.8) is 0 Å². The van der Waals surface area contributed by atoms with Crippen molar-refractivity contribution in [1.29, 1.82) is 0 Å². The molecule has 116 valence electrons. The van der Waals surface area contributed by atoms with Crippen molar-refractivity contribution in [1.82, 2.24) is 9.66 Å². The number of rotatable bonds is 5. The van der Waals surface area contributed by atoms with Gasteiger partial charge in [-0.1, -0.05) is 30.3 Å². The number of imidazole rings is 1. The van der Waals surface area contributed by atoms with Gasteiger partial charge in [0.05, 0.1) is 17.6 Å². The van der Waals surface area contributed by atoms with E-state index >= 15 is 0 Å². The summed E-state index contributed by atoms with van der Waals surface area (Å²) in [6.45, 7) is 2.51. The number of amides is 1. The molecule has 0 spiro atoms. The first kappa shape index (κ1) is 14.8. The van der Waals surface area contributed by atoms with Crippen molar-refractivity contribution in [2.75, 3.05) is 12.0 Å². The SMILES string of the molecule is CCOc1ccccc1/C=C/C(=O)Nn1cnc2ccccc21. The van der Waals surface area contributed by atoms with Crippen LogP contribution in [-0.2, 0) is 4.79 Å². The highest BCUT2D eigenvalue weighted by molar-refractivity contribution is 5.98. The van der Waals surface area contributed by atoms with Crippen LogP contribution in [0.3, 0.4) is 0 Å². The molecular weight excluding hydrogens is 290 g/mol. The van der Waals surface area contributed by atoms with Crippen LogP contribution in [0.5, 0.6) is 5.75 Å². The topological polar surface area (TPSA) is 56.1 Å². The van der Waals surface area contributed by atoms with Gasteiger partial charge < -0.3 is 4.74 Å². The van der Waals surface area contributed by atoms with E-state index in [1.807, 2.05) is 55.5 Å². The van der Waals surface area contributed by atoms with Crippen LogP contribution < -0.4 is 10.2 Å². The Hall–Kier alpha value is -3.08. The first-order valence-corrected chi connectivity index (χ1v) is 7.41. The van der Waals surface area contributed by atoms with Gasteiger partial charge in [-0.3, -0.25) is 10.2 Å². The molecule has 0 saturated heterocycles. The molecule has 5 nitrogen and oxygen atoms in total. The van der Waals surface area contributed by atoms with E-state index in [9.17, 15) is 4.79 Å². The summed E-state index contributed by atoms with van der Waals surface area (Å²) >= 11 is 0. The van der Waals surface area contributed by atoms with Crippen LogP contribution >= 0.6 is 0 Å². The second kappa shape index (κ2) is 6.79. The first-order chi connectivity index (χ1) is 11.3. The average Bonchev–Trinajstić information content (AvgIpc) is 2.98. The zero-order valence-corrected chi connectivity index (χ0v) is 12.8. The number of nitrogens with one attached hydrogen (secondary N) is 1. The van der Waals surface area contributed by atoms with Crippen molar-refractivity contribution in [3.8, 4) is 5.75 Å². The van der Waals surface area contributed by atoms with Crippen molar-refractivity contribution < 1.29 is 9.53 Å². The van der Waals surface area contributed by atoms with Gasteiger partial charge in [-0.2, -0.15) is 0 Å². The van der Waals surface area contributed by atoms with Gasteiger partial charge in [0, 0.05) is 11.6 Å². The van der Waals surface area contributed by atoms with Crippen LogP contribution in [0.25, 0.3) is 17.1 Å². The molecule has 0 aliphatic rings. The number of hydrogen-bond acceptors (Lipinski definition) is 3. The summed E-state index contributed by atoms with van der Waals surface area (Å²) in [5.41, 5.74) is 5.32. The quantitative estimate of drug-likeness (QED) is 0.736. The lowest BCUT2D eigenvalue weighted by Crippen LogP contribution is -2.19. The molecule has 0 aliphatic carbocycles. The molecule has 0 aliphatic heterocycles. The predicted octanol–water partition coefficient (Wildman–Crippen LogP) is 3.22. The lowest BCUT2D eigenvalue weighted by atomic mass is 10.2. The molecule has 5 heteroatoms. The number of aromatic nitrogens is 2. The van der Waals surface area contributed by atoms with E-state index < -0.39 is 0 Å². The van der Waals surface area contributed by atoms with Gasteiger partial charge in [-0.25, -0.2) is 9.66 Å². The first-order valence-electron chi connectivity index (χ1n) is 7.41. The summed E-state index contributed by atoms with van der Waals surface area (Å²) in [7, 11) is 0. The maximum atomic E-state index is 12.1. The molecule has 0 bridgehead atoms. The van der Waals surface area contributed by atoms with E-state index in [0.717, 1.165) is 22.3 Å². The van der Waals surface area contributed by atoms with Crippen LogP contribution in [0.15, 0.2) is 60.9 Å². The number of carbonyl (C=O) groups excluding carboxylic acids is 1. The fraction of sp³-hybridized carbons (Fsp3) is 0.111. The molecule has 3 rings (SSSR count). The Balaban J connectivity index is 1.74. The van der Waals surface area contributed by atoms with E-state index in [1.54, 1.807) is 17.1 Å². The fourth-order valence-corrected chi connectivity index (χ4v) is 2.27. The third kappa shape index (κ3) is 3.40. The maximum Gasteiger partial charge on any atom is 0.262 e. The van der Waals surface area contributed by atoms with Gasteiger partial charge in [0.15, 0.2) is 0 Å². The number of nitrogens with zero attached hydrogens (tertiary/aromatic N) is 2. The number of hydrogen-bond donors (Lipinski definition) is 1. The summed E-state index contributed by atoms with van der Waals surface area (Å²) in [6.07, 6.45) is 4.80. The summed E-state index contributed by atoms with van der Waals surface area (Å²) in [4.78, 5) is 16.3. The Bertz CT molecular complexity index is 852. The summed E-state index contributed by atoms with van der Waals surface area (Å²) < 4.78 is 7.14. The second-order valence-electron chi connectivity index (χ2n) is 4.88. The number of carbonyl (C=O) groups is 1. The van der Waals surface area contributed by atoms with Crippen molar-refractivity contribution in [3.05, 3.63) is 66.5 Å². The summed E-state index contributed by atoms with van der Waals surface area (Å²) in [5.74, 6) is 0.520. The van der Waals surface area contributed by atoms with Crippen molar-refractivity contribution in [2.45, 2.75) is 6.92 Å². The van der Waals surface area contributed by atoms with Crippen LogP contribution in [0, 0.1) is 0 Å². The number of para-hydroxylation sites is 3. The molecule has 0 unspecified atom stereocenters. The molecule has 3 aromatic rings. The van der Waals surface area contributed by atoms with Gasteiger partial charge in [0.1, 0.15) is 12.1 Å². The van der Waals surface area contributed by atoms with Crippen LogP contribution in [0.4, 0.5) is 0 Å². The highest BCUT2D eigenvalue weighted by Crippen LogP contribution is 2.19.